The van der Waals surface area contributed by atoms with Crippen molar-refractivity contribution < 1.29 is 26.3 Å². The maximum absolute atomic E-state index is 11.5. The largest absolute Gasteiger partial charge is 0.481 e. The van der Waals surface area contributed by atoms with Crippen LogP contribution >= 0.6 is 23.2 Å². The number of nitrogens with one attached hydrogen (secondary N) is 1. The predicted molar refractivity (Wildman–Crippen MR) is 186 cm³/mol. The number of methoxy groups -OCH3 is 2. The number of aromatic nitrogens is 2. The van der Waals surface area contributed by atoms with Gasteiger partial charge in [-0.05, 0) is 31.4 Å². The zero-order valence-corrected chi connectivity index (χ0v) is 29.3. The maximum Gasteiger partial charge on any atom is 0.218 e. The summed E-state index contributed by atoms with van der Waals surface area (Å²) in [6.07, 6.45) is 4.34. The first-order valence-corrected chi connectivity index (χ1v) is 19.4. The van der Waals surface area contributed by atoms with Gasteiger partial charge in [0.15, 0.2) is 0 Å². The fourth-order valence-electron chi connectivity index (χ4n) is 4.95. The Kier molecular flexibility index (Phi) is 12.1. The molecule has 2 aromatic heterocycles. The lowest BCUT2D eigenvalue weighted by Crippen LogP contribution is -2.22. The average molecular weight is 707 g/mol. The minimum absolute atomic E-state index is 0.0386. The number of benzene rings is 2. The first-order valence-electron chi connectivity index (χ1n) is 14.5. The van der Waals surface area contributed by atoms with Crippen LogP contribution in [0.5, 0.6) is 11.8 Å². The van der Waals surface area contributed by atoms with E-state index in [1.165, 1.54) is 19.6 Å². The first-order chi connectivity index (χ1) is 21.8. The van der Waals surface area contributed by atoms with Gasteiger partial charge in [-0.25, -0.2) is 26.8 Å². The number of sulfone groups is 2. The number of hydrogen-bond donors (Lipinski definition) is 1. The summed E-state index contributed by atoms with van der Waals surface area (Å²) in [5, 5.41) is 4.05. The molecule has 0 bridgehead atoms. The number of aryl methyl sites for hydroxylation is 1. The summed E-state index contributed by atoms with van der Waals surface area (Å²) in [6.45, 7) is 0.711. The second-order valence-electron chi connectivity index (χ2n) is 11.0. The highest BCUT2D eigenvalue weighted by molar-refractivity contribution is 7.90. The molecule has 2 heterocycles. The molecule has 0 aliphatic heterocycles. The summed E-state index contributed by atoms with van der Waals surface area (Å²) in [5.74, 6) is 1.06. The van der Waals surface area contributed by atoms with Gasteiger partial charge < -0.3 is 14.8 Å². The average Bonchev–Trinajstić information content (AvgIpc) is 3.01. The number of ether oxygens (including phenoxy) is 2. The first kappa shape index (κ1) is 35.6. The lowest BCUT2D eigenvalue weighted by Gasteiger charge is -2.15. The van der Waals surface area contributed by atoms with Crippen LogP contribution in [0.4, 0.5) is 0 Å². The molecule has 0 spiro atoms. The Balaban J connectivity index is 1.60. The molecule has 9 nitrogen and oxygen atoms in total. The van der Waals surface area contributed by atoms with Crippen molar-refractivity contribution in [3.8, 4) is 45.4 Å². The van der Waals surface area contributed by atoms with Crippen LogP contribution < -0.4 is 14.8 Å². The Morgan fingerprint density at radius 1 is 0.652 bits per heavy atom. The smallest absolute Gasteiger partial charge is 0.218 e. The Labute approximate surface area is 281 Å². The topological polar surface area (TPSA) is 125 Å². The number of unbranched alkanes of at least 4 members (excludes halogenated alkanes) is 1. The van der Waals surface area contributed by atoms with Crippen molar-refractivity contribution in [1.29, 1.82) is 0 Å². The van der Waals surface area contributed by atoms with Crippen molar-refractivity contribution in [2.75, 3.05) is 44.8 Å². The summed E-state index contributed by atoms with van der Waals surface area (Å²) in [4.78, 5) is 9.41. The van der Waals surface area contributed by atoms with E-state index >= 15 is 0 Å². The molecular formula is C33H37Cl2N3O6S2. The van der Waals surface area contributed by atoms with Gasteiger partial charge in [-0.2, -0.15) is 0 Å². The molecule has 0 amide bonds. The van der Waals surface area contributed by atoms with E-state index in [1.807, 2.05) is 60.7 Å². The van der Waals surface area contributed by atoms with Crippen molar-refractivity contribution in [2.45, 2.75) is 25.8 Å². The minimum Gasteiger partial charge on any atom is -0.481 e. The molecule has 0 saturated carbocycles. The van der Waals surface area contributed by atoms with E-state index in [-0.39, 0.29) is 11.5 Å². The molecule has 4 aromatic rings. The van der Waals surface area contributed by atoms with Crippen LogP contribution in [0.1, 0.15) is 24.0 Å². The van der Waals surface area contributed by atoms with Crippen LogP contribution in [0.25, 0.3) is 33.6 Å². The van der Waals surface area contributed by atoms with Gasteiger partial charge in [0.25, 0.3) is 0 Å². The Hall–Kier alpha value is -3.22. The van der Waals surface area contributed by atoms with Crippen LogP contribution in [0.15, 0.2) is 60.7 Å². The highest BCUT2D eigenvalue weighted by atomic mass is 35.5. The van der Waals surface area contributed by atoms with Crippen LogP contribution in [-0.4, -0.2) is 71.6 Å². The van der Waals surface area contributed by atoms with E-state index in [4.69, 9.17) is 37.7 Å². The summed E-state index contributed by atoms with van der Waals surface area (Å²) in [7, 11) is -2.98. The van der Waals surface area contributed by atoms with Crippen LogP contribution in [0.3, 0.4) is 0 Å². The molecule has 0 unspecified atom stereocenters. The standard InChI is InChI=1S/C33H37Cl2N3O6S2/c1-43-32-22(9-5-6-19-45(3,39)40)14-16-28(37-32)26-12-7-10-24(30(26)34)25-11-8-13-27(31(25)35)29-17-15-23(33(38-29)44-2)21-36-18-20-46(4,41)42/h7-8,10-17,36H,5-6,9,18-21H2,1-4H3. The van der Waals surface area contributed by atoms with E-state index in [0.29, 0.717) is 82.2 Å². The van der Waals surface area contributed by atoms with Crippen LogP contribution in [-0.2, 0) is 32.6 Å². The van der Waals surface area contributed by atoms with Crippen LogP contribution in [0.2, 0.25) is 10.0 Å². The second kappa shape index (κ2) is 15.6. The van der Waals surface area contributed by atoms with Gasteiger partial charge in [-0.15, -0.1) is 0 Å². The summed E-state index contributed by atoms with van der Waals surface area (Å²) in [5.41, 5.74) is 5.73. The molecular weight excluding hydrogens is 669 g/mol. The molecule has 0 atom stereocenters. The van der Waals surface area contributed by atoms with Crippen molar-refractivity contribution in [3.05, 3.63) is 81.8 Å². The molecule has 1 N–H and O–H groups in total. The Morgan fingerprint density at radius 3 is 1.63 bits per heavy atom. The molecule has 0 radical (unpaired) electrons. The molecule has 13 heteroatoms. The number of pyridine rings is 2. The van der Waals surface area contributed by atoms with Gasteiger partial charge >= 0.3 is 0 Å². The molecule has 2 aromatic carbocycles. The Morgan fingerprint density at radius 2 is 1.13 bits per heavy atom. The van der Waals surface area contributed by atoms with E-state index < -0.39 is 19.7 Å². The summed E-state index contributed by atoms with van der Waals surface area (Å²) >= 11 is 14.0. The van der Waals surface area contributed by atoms with Gasteiger partial charge in [0, 0.05) is 64.7 Å². The minimum atomic E-state index is -3.06. The molecule has 0 aliphatic rings. The molecule has 0 saturated heterocycles. The number of nitrogens with zero attached hydrogens (tertiary/aromatic N) is 2. The Bertz CT molecular complexity index is 1780. The monoisotopic (exact) mass is 705 g/mol. The lowest BCUT2D eigenvalue weighted by molar-refractivity contribution is 0.391. The molecule has 246 valence electrons. The number of hydrogen-bond acceptors (Lipinski definition) is 9. The quantitative estimate of drug-likeness (QED) is 0.142. The summed E-state index contributed by atoms with van der Waals surface area (Å²) < 4.78 is 56.9. The van der Waals surface area contributed by atoms with Crippen molar-refractivity contribution >= 4 is 42.9 Å². The molecule has 0 aliphatic carbocycles. The third-order valence-corrected chi connectivity index (χ3v) is 10.1. The zero-order chi connectivity index (χ0) is 33.5. The van der Waals surface area contributed by atoms with Gasteiger partial charge in [-0.3, -0.25) is 0 Å². The van der Waals surface area contributed by atoms with E-state index in [9.17, 15) is 16.8 Å². The van der Waals surface area contributed by atoms with E-state index in [1.54, 1.807) is 7.11 Å². The predicted octanol–water partition coefficient (Wildman–Crippen LogP) is 6.30. The van der Waals surface area contributed by atoms with Crippen molar-refractivity contribution in [1.82, 2.24) is 15.3 Å². The highest BCUT2D eigenvalue weighted by Gasteiger charge is 2.18. The number of rotatable bonds is 15. The second-order valence-corrected chi connectivity index (χ2v) is 16.2. The van der Waals surface area contributed by atoms with Crippen molar-refractivity contribution in [2.24, 2.45) is 0 Å². The fraction of sp³-hybridized carbons (Fsp3) is 0.333. The number of halogens is 2. The zero-order valence-electron chi connectivity index (χ0n) is 26.1. The molecule has 46 heavy (non-hydrogen) atoms. The maximum atomic E-state index is 11.5. The third kappa shape index (κ3) is 9.42. The fourth-order valence-corrected chi connectivity index (χ4v) is 6.85. The SMILES string of the molecule is COc1nc(-c2cccc(-c3cccc(-c4ccc(CNCCS(C)(=O)=O)c(OC)n4)c3Cl)c2Cl)ccc1CCCCS(C)(=O)=O. The van der Waals surface area contributed by atoms with Crippen molar-refractivity contribution in [3.63, 3.8) is 0 Å². The highest BCUT2D eigenvalue weighted by Crippen LogP contribution is 2.42. The van der Waals surface area contributed by atoms with E-state index in [0.717, 1.165) is 16.7 Å². The molecule has 4 rings (SSSR count). The van der Waals surface area contributed by atoms with Gasteiger partial charge in [0.1, 0.15) is 19.7 Å². The van der Waals surface area contributed by atoms with E-state index in [2.05, 4.69) is 10.3 Å². The van der Waals surface area contributed by atoms with Gasteiger partial charge in [0.2, 0.25) is 11.8 Å². The third-order valence-electron chi connectivity index (χ3n) is 7.28. The van der Waals surface area contributed by atoms with Gasteiger partial charge in [-0.1, -0.05) is 71.7 Å². The lowest BCUT2D eigenvalue weighted by atomic mass is 9.98. The van der Waals surface area contributed by atoms with Gasteiger partial charge in [0.05, 0.1) is 41.4 Å². The van der Waals surface area contributed by atoms with Crippen LogP contribution in [0, 0.1) is 0 Å². The normalized spacial score (nSPS) is 11.9. The molecule has 0 fully saturated rings. The summed E-state index contributed by atoms with van der Waals surface area (Å²) in [6, 6.07) is 18.8.